The lowest BCUT2D eigenvalue weighted by Crippen LogP contribution is -2.36. The number of anilines is 3. The predicted octanol–water partition coefficient (Wildman–Crippen LogP) is 4.69. The van der Waals surface area contributed by atoms with Crippen LogP contribution in [0.25, 0.3) is 10.9 Å². The molecule has 0 bridgehead atoms. The van der Waals surface area contributed by atoms with E-state index in [1.54, 1.807) is 18.2 Å². The third kappa shape index (κ3) is 6.77. The molecule has 0 saturated carbocycles. The lowest BCUT2D eigenvalue weighted by Gasteiger charge is -2.25. The molecule has 0 aliphatic carbocycles. The number of hydrogen-bond acceptors (Lipinski definition) is 7. The van der Waals surface area contributed by atoms with Crippen molar-refractivity contribution >= 4 is 45.6 Å². The zero-order valence-electron chi connectivity index (χ0n) is 22.6. The average molecular weight is 563 g/mol. The van der Waals surface area contributed by atoms with Crippen LogP contribution in [-0.2, 0) is 9.53 Å². The highest BCUT2D eigenvalue weighted by atomic mass is 35.5. The first-order valence-electron chi connectivity index (χ1n) is 13.3. The van der Waals surface area contributed by atoms with Gasteiger partial charge in [-0.3, -0.25) is 9.69 Å². The summed E-state index contributed by atoms with van der Waals surface area (Å²) < 4.78 is 20.0. The van der Waals surface area contributed by atoms with Crippen molar-refractivity contribution in [3.63, 3.8) is 0 Å². The van der Waals surface area contributed by atoms with Crippen LogP contribution in [0.4, 0.5) is 21.6 Å². The zero-order chi connectivity index (χ0) is 28.1. The van der Waals surface area contributed by atoms with Gasteiger partial charge in [-0.2, -0.15) is 0 Å². The number of nitrogens with zero attached hydrogens (tertiary/aromatic N) is 4. The van der Waals surface area contributed by atoms with Gasteiger partial charge in [-0.05, 0) is 51.2 Å². The fourth-order valence-electron chi connectivity index (χ4n) is 4.92. The van der Waals surface area contributed by atoms with Crippen LogP contribution in [0.1, 0.15) is 18.9 Å². The summed E-state index contributed by atoms with van der Waals surface area (Å²) in [5.74, 6) is 6.28. The number of nitrogens with one attached hydrogen (secondary N) is 2. The van der Waals surface area contributed by atoms with Gasteiger partial charge in [0.05, 0.1) is 40.7 Å². The fraction of sp³-hybridized carbons (Fsp3) is 0.367. The van der Waals surface area contributed by atoms with E-state index >= 15 is 0 Å². The fourth-order valence-corrected chi connectivity index (χ4v) is 5.09. The van der Waals surface area contributed by atoms with Crippen molar-refractivity contribution in [1.82, 2.24) is 19.8 Å². The Morgan fingerprint density at radius 2 is 2.05 bits per heavy atom. The van der Waals surface area contributed by atoms with Crippen molar-refractivity contribution < 1.29 is 13.9 Å². The highest BCUT2D eigenvalue weighted by Crippen LogP contribution is 2.32. The molecular weight excluding hydrogens is 531 g/mol. The molecule has 1 atom stereocenters. The first-order chi connectivity index (χ1) is 19.3. The first-order valence-corrected chi connectivity index (χ1v) is 13.7. The Kier molecular flexibility index (Phi) is 8.62. The number of likely N-dealkylation sites (tertiary alicyclic amines) is 1. The van der Waals surface area contributed by atoms with Crippen molar-refractivity contribution in [3.8, 4) is 11.8 Å². The third-order valence-electron chi connectivity index (χ3n) is 7.14. The summed E-state index contributed by atoms with van der Waals surface area (Å²) >= 11 is 5.97. The molecule has 2 aliphatic heterocycles. The maximum Gasteiger partial charge on any atom is 0.248 e. The summed E-state index contributed by atoms with van der Waals surface area (Å²) in [5, 5.41) is 6.62. The molecule has 3 aromatic rings. The zero-order valence-corrected chi connectivity index (χ0v) is 23.4. The van der Waals surface area contributed by atoms with Crippen molar-refractivity contribution in [2.24, 2.45) is 5.41 Å². The van der Waals surface area contributed by atoms with Gasteiger partial charge in [-0.1, -0.05) is 35.6 Å². The quantitative estimate of drug-likeness (QED) is 0.333. The highest BCUT2D eigenvalue weighted by Gasteiger charge is 2.30. The maximum atomic E-state index is 14.6. The van der Waals surface area contributed by atoms with Gasteiger partial charge in [0, 0.05) is 43.1 Å². The Labute approximate surface area is 238 Å². The van der Waals surface area contributed by atoms with E-state index in [-0.39, 0.29) is 22.0 Å². The second-order valence-corrected chi connectivity index (χ2v) is 10.9. The van der Waals surface area contributed by atoms with Gasteiger partial charge in [-0.25, -0.2) is 14.4 Å². The third-order valence-corrected chi connectivity index (χ3v) is 7.43. The molecule has 0 radical (unpaired) electrons. The monoisotopic (exact) mass is 562 g/mol. The maximum absolute atomic E-state index is 14.6. The Hall–Kier alpha value is -3.55. The van der Waals surface area contributed by atoms with Gasteiger partial charge in [0.25, 0.3) is 0 Å². The molecule has 0 unspecified atom stereocenters. The van der Waals surface area contributed by atoms with E-state index in [1.165, 1.54) is 18.5 Å². The summed E-state index contributed by atoms with van der Waals surface area (Å²) in [5.41, 5.74) is 1.83. The molecule has 1 amide bonds. The van der Waals surface area contributed by atoms with E-state index in [4.69, 9.17) is 16.3 Å². The van der Waals surface area contributed by atoms with Crippen LogP contribution in [0, 0.1) is 23.1 Å². The van der Waals surface area contributed by atoms with Gasteiger partial charge in [-0.15, -0.1) is 0 Å². The van der Waals surface area contributed by atoms with Gasteiger partial charge >= 0.3 is 0 Å². The minimum atomic E-state index is -0.577. The van der Waals surface area contributed by atoms with Crippen LogP contribution < -0.4 is 10.6 Å². The molecular formula is C30H32ClFN6O2. The van der Waals surface area contributed by atoms with Crippen molar-refractivity contribution in [2.75, 3.05) is 63.6 Å². The summed E-state index contributed by atoms with van der Waals surface area (Å²) in [7, 11) is 2.09. The minimum Gasteiger partial charge on any atom is -0.379 e. The predicted molar refractivity (Wildman–Crippen MR) is 156 cm³/mol. The standard InChI is InChI=1S/C30H32ClFN6O2/c1-30(10-12-37(2)19-30)9-8-21-17-26-22(29(34-20-33-26)36-24-6-3-5-23(31)28(24)32)18-25(21)35-27(39)7-4-11-38-13-15-40-16-14-38/h3-7,17-18,20H,10-16,19H2,1-2H3,(H,35,39)(H,33,34,36)/b7-4+/t30-/m0/s1. The normalized spacial score (nSPS) is 20.0. The average Bonchev–Trinajstić information content (AvgIpc) is 3.29. The topological polar surface area (TPSA) is 82.6 Å². The summed E-state index contributed by atoms with van der Waals surface area (Å²) in [4.78, 5) is 26.2. The van der Waals surface area contributed by atoms with Gasteiger partial charge in [0.15, 0.2) is 5.82 Å². The second kappa shape index (κ2) is 12.3. The number of halogens is 2. The first kappa shape index (κ1) is 28.0. The second-order valence-electron chi connectivity index (χ2n) is 10.5. The molecule has 3 heterocycles. The smallest absolute Gasteiger partial charge is 0.248 e. The van der Waals surface area contributed by atoms with Gasteiger partial charge in [0.2, 0.25) is 5.91 Å². The molecule has 2 saturated heterocycles. The van der Waals surface area contributed by atoms with Crippen molar-refractivity contribution in [2.45, 2.75) is 13.3 Å². The number of morpholine rings is 1. The Morgan fingerprint density at radius 1 is 1.23 bits per heavy atom. The number of aromatic nitrogens is 2. The number of carbonyl (C=O) groups is 1. The molecule has 1 aromatic heterocycles. The summed E-state index contributed by atoms with van der Waals surface area (Å²) in [6.07, 6.45) is 5.76. The van der Waals surface area contributed by atoms with E-state index < -0.39 is 5.82 Å². The van der Waals surface area contributed by atoms with Gasteiger partial charge < -0.3 is 20.3 Å². The SMILES string of the molecule is CN1CC[C@](C)(C#Cc2cc3ncnc(Nc4cccc(Cl)c4F)c3cc2NC(=O)/C=C/CN2CCOCC2)C1. The lowest BCUT2D eigenvalue weighted by atomic mass is 9.90. The van der Waals surface area contributed by atoms with E-state index in [2.05, 4.69) is 56.2 Å². The van der Waals surface area contributed by atoms with E-state index in [0.29, 0.717) is 47.7 Å². The Balaban J connectivity index is 1.47. The Morgan fingerprint density at radius 3 is 2.83 bits per heavy atom. The largest absolute Gasteiger partial charge is 0.379 e. The van der Waals surface area contributed by atoms with Gasteiger partial charge in [0.1, 0.15) is 12.1 Å². The van der Waals surface area contributed by atoms with Crippen LogP contribution in [0.3, 0.4) is 0 Å². The molecule has 5 rings (SSSR count). The molecule has 0 spiro atoms. The Bertz CT molecular complexity index is 1500. The number of rotatable bonds is 6. The van der Waals surface area contributed by atoms with E-state index in [0.717, 1.165) is 32.6 Å². The van der Waals surface area contributed by atoms with E-state index in [1.807, 2.05) is 12.1 Å². The number of hydrogen-bond donors (Lipinski definition) is 2. The van der Waals surface area contributed by atoms with Crippen LogP contribution in [-0.4, -0.2) is 78.7 Å². The van der Waals surface area contributed by atoms with Crippen molar-refractivity contribution in [1.29, 1.82) is 0 Å². The molecule has 2 fully saturated rings. The number of fused-ring (bicyclic) bond motifs is 1. The molecule has 208 valence electrons. The molecule has 8 nitrogen and oxygen atoms in total. The minimum absolute atomic E-state index is 0.00351. The molecule has 2 N–H and O–H groups in total. The number of ether oxygens (including phenoxy) is 1. The highest BCUT2D eigenvalue weighted by molar-refractivity contribution is 6.31. The number of carbonyl (C=O) groups excluding carboxylic acids is 1. The lowest BCUT2D eigenvalue weighted by molar-refractivity contribution is -0.111. The number of benzene rings is 2. The molecule has 2 aromatic carbocycles. The van der Waals surface area contributed by atoms with Crippen LogP contribution in [0.5, 0.6) is 0 Å². The van der Waals surface area contributed by atoms with Crippen LogP contribution in [0.15, 0.2) is 48.8 Å². The van der Waals surface area contributed by atoms with Crippen LogP contribution >= 0.6 is 11.6 Å². The molecule has 10 heteroatoms. The van der Waals surface area contributed by atoms with E-state index in [9.17, 15) is 9.18 Å². The molecule has 2 aliphatic rings. The summed E-state index contributed by atoms with van der Waals surface area (Å²) in [6.45, 7) is 7.77. The number of amides is 1. The van der Waals surface area contributed by atoms with Crippen molar-refractivity contribution in [3.05, 3.63) is 65.2 Å². The summed E-state index contributed by atoms with van der Waals surface area (Å²) in [6, 6.07) is 8.32. The van der Waals surface area contributed by atoms with Crippen LogP contribution in [0.2, 0.25) is 5.02 Å². The molecule has 40 heavy (non-hydrogen) atoms.